The number of hydrogen-bond donors (Lipinski definition) is 3. The number of aromatic hydroxyl groups is 1. The summed E-state index contributed by atoms with van der Waals surface area (Å²) >= 11 is 3.29. The number of imide groups is 1. The van der Waals surface area contributed by atoms with Crippen molar-refractivity contribution >= 4 is 45.5 Å². The van der Waals surface area contributed by atoms with Crippen molar-refractivity contribution in [3.05, 3.63) is 57.9 Å². The molecule has 0 atom stereocenters. The van der Waals surface area contributed by atoms with Crippen LogP contribution in [0, 0.1) is 5.82 Å². The number of phenolic OH excluding ortho intramolecular Hbond substituents is 1. The van der Waals surface area contributed by atoms with Crippen LogP contribution in [0.4, 0.5) is 14.9 Å². The fourth-order valence-corrected chi connectivity index (χ4v) is 3.19. The largest absolute Gasteiger partial charge is 0.504 e. The van der Waals surface area contributed by atoms with Crippen LogP contribution >= 0.6 is 15.9 Å². The number of nitrogens with one attached hydrogen (secondary N) is 2. The third kappa shape index (κ3) is 4.60. The number of anilines is 1. The molecule has 8 nitrogen and oxygen atoms in total. The Balaban J connectivity index is 1.78. The van der Waals surface area contributed by atoms with Crippen LogP contribution in [0.25, 0.3) is 6.08 Å². The maximum atomic E-state index is 13.7. The highest BCUT2D eigenvalue weighted by Gasteiger charge is 2.35. The second-order valence-corrected chi connectivity index (χ2v) is 7.10. The fourth-order valence-electron chi connectivity index (χ4n) is 2.74. The zero-order valence-corrected chi connectivity index (χ0v) is 17.3. The van der Waals surface area contributed by atoms with Gasteiger partial charge in [-0.3, -0.25) is 9.59 Å². The molecule has 0 bridgehead atoms. The summed E-state index contributed by atoms with van der Waals surface area (Å²) in [5.74, 6) is -2.14. The molecule has 0 aliphatic carbocycles. The van der Waals surface area contributed by atoms with E-state index in [1.54, 1.807) is 13.0 Å². The number of carbonyl (C=O) groups is 3. The van der Waals surface area contributed by atoms with Crippen LogP contribution in [0.5, 0.6) is 11.5 Å². The molecular weight excluding hydrogens is 461 g/mol. The lowest BCUT2D eigenvalue weighted by Crippen LogP contribution is -2.38. The summed E-state index contributed by atoms with van der Waals surface area (Å²) in [4.78, 5) is 37.6. The molecule has 10 heteroatoms. The van der Waals surface area contributed by atoms with E-state index in [4.69, 9.17) is 4.74 Å². The molecule has 0 aromatic heterocycles. The Bertz CT molecular complexity index is 1060. The van der Waals surface area contributed by atoms with Gasteiger partial charge < -0.3 is 20.5 Å². The first kappa shape index (κ1) is 21.3. The normalized spacial score (nSPS) is 14.8. The van der Waals surface area contributed by atoms with Crippen LogP contribution < -0.4 is 15.4 Å². The minimum absolute atomic E-state index is 0.0622. The lowest BCUT2D eigenvalue weighted by molar-refractivity contribution is -0.127. The number of para-hydroxylation sites is 1. The van der Waals surface area contributed by atoms with Crippen molar-refractivity contribution in [3.8, 4) is 11.5 Å². The molecule has 2 aromatic rings. The lowest BCUT2D eigenvalue weighted by atomic mass is 10.1. The monoisotopic (exact) mass is 477 g/mol. The highest BCUT2D eigenvalue weighted by atomic mass is 79.9. The number of rotatable bonds is 6. The summed E-state index contributed by atoms with van der Waals surface area (Å²) < 4.78 is 19.6. The number of urea groups is 1. The molecular formula is C20H17BrFN3O5. The van der Waals surface area contributed by atoms with Crippen LogP contribution in [0.3, 0.4) is 0 Å². The van der Waals surface area contributed by atoms with E-state index < -0.39 is 30.2 Å². The van der Waals surface area contributed by atoms with Gasteiger partial charge in [-0.25, -0.2) is 14.1 Å². The van der Waals surface area contributed by atoms with Gasteiger partial charge >= 0.3 is 6.03 Å². The summed E-state index contributed by atoms with van der Waals surface area (Å²) in [6.45, 7) is 1.47. The Morgan fingerprint density at radius 3 is 2.77 bits per heavy atom. The Kier molecular flexibility index (Phi) is 6.36. The van der Waals surface area contributed by atoms with Gasteiger partial charge in [0.25, 0.3) is 5.91 Å². The summed E-state index contributed by atoms with van der Waals surface area (Å²) in [5.41, 5.74) is 0.0384. The number of amides is 4. The molecule has 30 heavy (non-hydrogen) atoms. The molecule has 0 spiro atoms. The predicted molar refractivity (Wildman–Crippen MR) is 110 cm³/mol. The first-order valence-electron chi connectivity index (χ1n) is 8.84. The number of ether oxygens (including phenoxy) is 1. The highest BCUT2D eigenvalue weighted by molar-refractivity contribution is 9.10. The molecule has 2 aromatic carbocycles. The van der Waals surface area contributed by atoms with E-state index in [1.165, 1.54) is 36.4 Å². The first-order chi connectivity index (χ1) is 14.3. The van der Waals surface area contributed by atoms with Crippen LogP contribution in [-0.2, 0) is 9.59 Å². The summed E-state index contributed by atoms with van der Waals surface area (Å²) in [7, 11) is 0. The van der Waals surface area contributed by atoms with Crippen LogP contribution in [0.15, 0.2) is 46.6 Å². The van der Waals surface area contributed by atoms with E-state index in [1.807, 2.05) is 0 Å². The van der Waals surface area contributed by atoms with E-state index in [0.29, 0.717) is 16.0 Å². The highest BCUT2D eigenvalue weighted by Crippen LogP contribution is 2.35. The van der Waals surface area contributed by atoms with Crippen molar-refractivity contribution in [1.29, 1.82) is 0 Å². The fraction of sp³-hybridized carbons (Fsp3) is 0.150. The molecule has 1 aliphatic rings. The third-order valence-electron chi connectivity index (χ3n) is 4.08. The molecule has 4 amide bonds. The average molecular weight is 478 g/mol. The van der Waals surface area contributed by atoms with Gasteiger partial charge in [-0.1, -0.05) is 28.1 Å². The zero-order chi connectivity index (χ0) is 21.8. The van der Waals surface area contributed by atoms with Crippen molar-refractivity contribution in [1.82, 2.24) is 10.2 Å². The van der Waals surface area contributed by atoms with Gasteiger partial charge in [-0.2, -0.15) is 0 Å². The molecule has 0 saturated carbocycles. The van der Waals surface area contributed by atoms with Crippen molar-refractivity contribution in [2.45, 2.75) is 6.92 Å². The van der Waals surface area contributed by atoms with Crippen LogP contribution in [0.2, 0.25) is 0 Å². The summed E-state index contributed by atoms with van der Waals surface area (Å²) in [6, 6.07) is 7.82. The van der Waals surface area contributed by atoms with E-state index >= 15 is 0 Å². The smallest absolute Gasteiger partial charge is 0.329 e. The Labute approximate surface area is 179 Å². The van der Waals surface area contributed by atoms with Crippen molar-refractivity contribution in [2.24, 2.45) is 0 Å². The predicted octanol–water partition coefficient (Wildman–Crippen LogP) is 3.22. The van der Waals surface area contributed by atoms with E-state index in [0.717, 1.165) is 0 Å². The first-order valence-corrected chi connectivity index (χ1v) is 9.63. The standard InChI is InChI=1S/C20H17BrFN3O5/c1-2-30-16-9-12(21)7-11(18(16)27)8-15-19(28)25(20(29)24-15)10-17(26)23-14-6-4-3-5-13(14)22/h3-9,27H,2,10H2,1H3,(H,23,26)(H,24,29)/b15-8+. The molecule has 3 N–H and O–H groups in total. The average Bonchev–Trinajstić information content (AvgIpc) is 2.95. The van der Waals surface area contributed by atoms with Crippen molar-refractivity contribution in [2.75, 3.05) is 18.5 Å². The molecule has 0 unspecified atom stereocenters. The van der Waals surface area contributed by atoms with Gasteiger partial charge in [0.2, 0.25) is 5.91 Å². The van der Waals surface area contributed by atoms with Gasteiger partial charge in [0.15, 0.2) is 11.5 Å². The maximum absolute atomic E-state index is 13.7. The number of carbonyl (C=O) groups excluding carboxylic acids is 3. The van der Waals surface area contributed by atoms with E-state index in [2.05, 4.69) is 26.6 Å². The minimum Gasteiger partial charge on any atom is -0.504 e. The molecule has 3 rings (SSSR count). The maximum Gasteiger partial charge on any atom is 0.329 e. The molecule has 1 fully saturated rings. The molecule has 1 saturated heterocycles. The topological polar surface area (TPSA) is 108 Å². The Hall–Kier alpha value is -3.40. The second kappa shape index (κ2) is 8.95. The molecule has 156 valence electrons. The summed E-state index contributed by atoms with van der Waals surface area (Å²) in [5, 5.41) is 15.0. The van der Waals surface area contributed by atoms with Gasteiger partial charge in [0.05, 0.1) is 12.3 Å². The quantitative estimate of drug-likeness (QED) is 0.437. The van der Waals surface area contributed by atoms with E-state index in [9.17, 15) is 23.9 Å². The number of halogens is 2. The van der Waals surface area contributed by atoms with Crippen LogP contribution in [0.1, 0.15) is 12.5 Å². The lowest BCUT2D eigenvalue weighted by Gasteiger charge is -2.12. The number of benzene rings is 2. The minimum atomic E-state index is -0.811. The van der Waals surface area contributed by atoms with Gasteiger partial charge in [0.1, 0.15) is 18.1 Å². The Morgan fingerprint density at radius 1 is 1.33 bits per heavy atom. The number of hydrogen-bond acceptors (Lipinski definition) is 5. The van der Waals surface area contributed by atoms with E-state index in [-0.39, 0.29) is 28.4 Å². The molecule has 1 aliphatic heterocycles. The van der Waals surface area contributed by atoms with Crippen molar-refractivity contribution in [3.63, 3.8) is 0 Å². The van der Waals surface area contributed by atoms with Gasteiger partial charge in [0, 0.05) is 10.0 Å². The van der Waals surface area contributed by atoms with Crippen molar-refractivity contribution < 1.29 is 28.6 Å². The summed E-state index contributed by atoms with van der Waals surface area (Å²) in [6.07, 6.45) is 1.28. The number of phenols is 1. The Morgan fingerprint density at radius 2 is 2.07 bits per heavy atom. The van der Waals surface area contributed by atoms with Gasteiger partial charge in [-0.15, -0.1) is 0 Å². The van der Waals surface area contributed by atoms with Gasteiger partial charge in [-0.05, 0) is 37.3 Å². The zero-order valence-electron chi connectivity index (χ0n) is 15.7. The third-order valence-corrected chi connectivity index (χ3v) is 4.54. The molecule has 1 heterocycles. The second-order valence-electron chi connectivity index (χ2n) is 6.18. The SMILES string of the molecule is CCOc1cc(Br)cc(/C=C2/NC(=O)N(CC(=O)Nc3ccccc3F)C2=O)c1O. The number of nitrogens with zero attached hydrogens (tertiary/aromatic N) is 1. The molecule has 0 radical (unpaired) electrons. The van der Waals surface area contributed by atoms with Crippen LogP contribution in [-0.4, -0.2) is 41.0 Å².